The van der Waals surface area contributed by atoms with Gasteiger partial charge in [0.1, 0.15) is 13.2 Å². The molecule has 1 aromatic carbocycles. The van der Waals surface area contributed by atoms with Gasteiger partial charge in [0.15, 0.2) is 0 Å². The Hall–Kier alpha value is -1.84. The summed E-state index contributed by atoms with van der Waals surface area (Å²) < 4.78 is 10.7. The van der Waals surface area contributed by atoms with Crippen molar-refractivity contribution in [1.82, 2.24) is 0 Å². The van der Waals surface area contributed by atoms with Crippen molar-refractivity contribution in [3.8, 4) is 0 Å². The molecule has 0 aliphatic rings. The molecule has 0 fully saturated rings. The molecule has 0 spiro atoms. The van der Waals surface area contributed by atoms with Crippen LogP contribution in [0.1, 0.15) is 89.2 Å². The molecule has 1 aromatic rings. The molecule has 0 aliphatic carbocycles. The molecule has 26 heavy (non-hydrogen) atoms. The summed E-state index contributed by atoms with van der Waals surface area (Å²) >= 11 is 0. The minimum absolute atomic E-state index is 0.163. The fourth-order valence-electron chi connectivity index (χ4n) is 2.69. The number of hydrogen-bond acceptors (Lipinski definition) is 4. The van der Waals surface area contributed by atoms with Crippen LogP contribution in [0.15, 0.2) is 24.3 Å². The van der Waals surface area contributed by atoms with E-state index in [2.05, 4.69) is 13.8 Å². The van der Waals surface area contributed by atoms with E-state index in [4.69, 9.17) is 9.47 Å². The lowest BCUT2D eigenvalue weighted by Crippen LogP contribution is -2.08. The average molecular weight is 363 g/mol. The first kappa shape index (κ1) is 22.2. The molecule has 0 amide bonds. The maximum Gasteiger partial charge on any atom is 0.306 e. The lowest BCUT2D eigenvalue weighted by molar-refractivity contribution is -0.146. The molecule has 0 aliphatic heterocycles. The SMILES string of the molecule is CCCCCCC(=O)OCc1ccccc1COC(=O)CCCCCC. The number of ether oxygens (including phenoxy) is 2. The van der Waals surface area contributed by atoms with Crippen LogP contribution in [0.3, 0.4) is 0 Å². The van der Waals surface area contributed by atoms with Gasteiger partial charge < -0.3 is 9.47 Å². The molecular weight excluding hydrogens is 328 g/mol. The topological polar surface area (TPSA) is 52.6 Å². The number of carbonyl (C=O) groups excluding carboxylic acids is 2. The predicted molar refractivity (Wildman–Crippen MR) is 104 cm³/mol. The molecule has 0 heterocycles. The van der Waals surface area contributed by atoms with Crippen molar-refractivity contribution in [2.45, 2.75) is 91.3 Å². The molecule has 1 rings (SSSR count). The molecule has 0 bridgehead atoms. The zero-order chi connectivity index (χ0) is 19.0. The minimum atomic E-state index is -0.163. The molecule has 0 unspecified atom stereocenters. The van der Waals surface area contributed by atoms with Gasteiger partial charge in [0.25, 0.3) is 0 Å². The average Bonchev–Trinajstić information content (AvgIpc) is 2.66. The first-order valence-electron chi connectivity index (χ1n) is 10.0. The van der Waals surface area contributed by atoms with Crippen LogP contribution in [0.4, 0.5) is 0 Å². The zero-order valence-corrected chi connectivity index (χ0v) is 16.4. The van der Waals surface area contributed by atoms with Gasteiger partial charge in [-0.25, -0.2) is 0 Å². The molecule has 0 aromatic heterocycles. The number of carbonyl (C=O) groups is 2. The predicted octanol–water partition coefficient (Wildman–Crippen LogP) is 5.71. The summed E-state index contributed by atoms with van der Waals surface area (Å²) in [6, 6.07) is 7.63. The molecule has 0 saturated heterocycles. The van der Waals surface area contributed by atoms with Crippen LogP contribution in [0.5, 0.6) is 0 Å². The maximum atomic E-state index is 11.8. The van der Waals surface area contributed by atoms with Crippen molar-refractivity contribution in [3.05, 3.63) is 35.4 Å². The molecule has 4 heteroatoms. The highest BCUT2D eigenvalue weighted by Gasteiger charge is 2.09. The first-order chi connectivity index (χ1) is 12.7. The van der Waals surface area contributed by atoms with E-state index in [9.17, 15) is 9.59 Å². The smallest absolute Gasteiger partial charge is 0.306 e. The van der Waals surface area contributed by atoms with Gasteiger partial charge in [-0.05, 0) is 24.0 Å². The number of rotatable bonds is 14. The van der Waals surface area contributed by atoms with Crippen molar-refractivity contribution >= 4 is 11.9 Å². The van der Waals surface area contributed by atoms with E-state index in [1.54, 1.807) is 0 Å². The Bertz CT molecular complexity index is 478. The third-order valence-electron chi connectivity index (χ3n) is 4.36. The first-order valence-corrected chi connectivity index (χ1v) is 10.0. The van der Waals surface area contributed by atoms with Crippen LogP contribution >= 0.6 is 0 Å². The zero-order valence-electron chi connectivity index (χ0n) is 16.4. The number of unbranched alkanes of at least 4 members (excludes halogenated alkanes) is 6. The molecular formula is C22H34O4. The third-order valence-corrected chi connectivity index (χ3v) is 4.36. The van der Waals surface area contributed by atoms with E-state index in [0.29, 0.717) is 12.8 Å². The summed E-state index contributed by atoms with van der Waals surface area (Å²) in [6.45, 7) is 4.76. The molecule has 0 saturated carbocycles. The van der Waals surface area contributed by atoms with Gasteiger partial charge >= 0.3 is 11.9 Å². The normalized spacial score (nSPS) is 10.5. The molecule has 0 N–H and O–H groups in total. The number of esters is 2. The molecule has 4 nitrogen and oxygen atoms in total. The van der Waals surface area contributed by atoms with Crippen LogP contribution in [0, 0.1) is 0 Å². The Kier molecular flexibility index (Phi) is 12.2. The van der Waals surface area contributed by atoms with Gasteiger partial charge in [-0.2, -0.15) is 0 Å². The monoisotopic (exact) mass is 362 g/mol. The molecule has 146 valence electrons. The second kappa shape index (κ2) is 14.3. The van der Waals surface area contributed by atoms with E-state index < -0.39 is 0 Å². The van der Waals surface area contributed by atoms with Crippen LogP contribution in [-0.2, 0) is 32.3 Å². The van der Waals surface area contributed by atoms with Crippen molar-refractivity contribution in [2.24, 2.45) is 0 Å². The van der Waals surface area contributed by atoms with Gasteiger partial charge in [-0.1, -0.05) is 76.6 Å². The van der Waals surface area contributed by atoms with Crippen molar-refractivity contribution < 1.29 is 19.1 Å². The largest absolute Gasteiger partial charge is 0.461 e. The van der Waals surface area contributed by atoms with Gasteiger partial charge in [0, 0.05) is 12.8 Å². The highest BCUT2D eigenvalue weighted by atomic mass is 16.5. The summed E-state index contributed by atoms with van der Waals surface area (Å²) in [5.74, 6) is -0.326. The standard InChI is InChI=1S/C22H34O4/c1-3-5-7-9-15-21(23)25-17-19-13-11-12-14-20(19)18-26-22(24)16-10-8-6-4-2/h11-14H,3-10,15-18H2,1-2H3. The molecule has 0 atom stereocenters. The van der Waals surface area contributed by atoms with Crippen molar-refractivity contribution in [2.75, 3.05) is 0 Å². The fraction of sp³-hybridized carbons (Fsp3) is 0.636. The summed E-state index contributed by atoms with van der Waals surface area (Å²) in [4.78, 5) is 23.6. The van der Waals surface area contributed by atoms with E-state index >= 15 is 0 Å². The quantitative estimate of drug-likeness (QED) is 0.314. The Morgan fingerprint density at radius 3 is 1.50 bits per heavy atom. The van der Waals surface area contributed by atoms with Gasteiger partial charge in [-0.3, -0.25) is 9.59 Å². The highest BCUT2D eigenvalue weighted by molar-refractivity contribution is 5.69. The second-order valence-electron chi connectivity index (χ2n) is 6.71. The van der Waals surface area contributed by atoms with Gasteiger partial charge in [-0.15, -0.1) is 0 Å². The second-order valence-corrected chi connectivity index (χ2v) is 6.71. The number of hydrogen-bond donors (Lipinski definition) is 0. The van der Waals surface area contributed by atoms with Gasteiger partial charge in [0.05, 0.1) is 0 Å². The minimum Gasteiger partial charge on any atom is -0.461 e. The summed E-state index contributed by atoms with van der Waals surface area (Å²) in [5, 5.41) is 0. The van der Waals surface area contributed by atoms with Crippen LogP contribution < -0.4 is 0 Å². The van der Waals surface area contributed by atoms with Crippen LogP contribution in [0.2, 0.25) is 0 Å². The number of benzene rings is 1. The van der Waals surface area contributed by atoms with Crippen molar-refractivity contribution in [3.63, 3.8) is 0 Å². The van der Waals surface area contributed by atoms with Crippen LogP contribution in [-0.4, -0.2) is 11.9 Å². The van der Waals surface area contributed by atoms with E-state index in [1.807, 2.05) is 24.3 Å². The maximum absolute atomic E-state index is 11.8. The Morgan fingerprint density at radius 2 is 1.12 bits per heavy atom. The van der Waals surface area contributed by atoms with E-state index in [0.717, 1.165) is 62.5 Å². The van der Waals surface area contributed by atoms with Crippen molar-refractivity contribution in [1.29, 1.82) is 0 Å². The van der Waals surface area contributed by atoms with E-state index in [1.165, 1.54) is 0 Å². The summed E-state index contributed by atoms with van der Waals surface area (Å²) in [7, 11) is 0. The lowest BCUT2D eigenvalue weighted by Gasteiger charge is -2.11. The van der Waals surface area contributed by atoms with E-state index in [-0.39, 0.29) is 25.2 Å². The third kappa shape index (κ3) is 10.2. The van der Waals surface area contributed by atoms with Gasteiger partial charge in [0.2, 0.25) is 0 Å². The van der Waals surface area contributed by atoms with Crippen LogP contribution in [0.25, 0.3) is 0 Å². The Labute approximate surface area is 158 Å². The summed E-state index contributed by atoms with van der Waals surface area (Å²) in [6.07, 6.45) is 9.43. The Morgan fingerprint density at radius 1 is 0.692 bits per heavy atom. The lowest BCUT2D eigenvalue weighted by atomic mass is 10.1. The fourth-order valence-corrected chi connectivity index (χ4v) is 2.69. The highest BCUT2D eigenvalue weighted by Crippen LogP contribution is 2.14. The summed E-state index contributed by atoms with van der Waals surface area (Å²) in [5.41, 5.74) is 1.79. The molecule has 0 radical (unpaired) electrons. The Balaban J connectivity index is 2.35.